The molecule has 0 radical (unpaired) electrons. The van der Waals surface area contributed by atoms with Crippen LogP contribution in [0.15, 0.2) is 39.6 Å². The lowest BCUT2D eigenvalue weighted by molar-refractivity contribution is 0.472. The molecule has 0 bridgehead atoms. The topological polar surface area (TPSA) is 38.3 Å². The molecule has 2 rings (SSSR count). The molecule has 2 heterocycles. The lowest BCUT2D eigenvalue weighted by Gasteiger charge is -2.04. The molecule has 2 aromatic heterocycles. The summed E-state index contributed by atoms with van der Waals surface area (Å²) in [6, 6.07) is 6.30. The number of nitrogens with one attached hydrogen (secondary N) is 1. The van der Waals surface area contributed by atoms with E-state index in [0.717, 1.165) is 23.6 Å². The average Bonchev–Trinajstić information content (AvgIpc) is 2.85. The van der Waals surface area contributed by atoms with Gasteiger partial charge in [0.1, 0.15) is 17.8 Å². The summed E-state index contributed by atoms with van der Waals surface area (Å²) in [5.41, 5.74) is 0.978. The van der Waals surface area contributed by atoms with Gasteiger partial charge in [-0.05, 0) is 18.2 Å². The fourth-order valence-electron chi connectivity index (χ4n) is 1.34. The van der Waals surface area contributed by atoms with E-state index in [0.29, 0.717) is 6.04 Å². The minimum atomic E-state index is 0.465. The maximum atomic E-state index is 5.66. The highest BCUT2D eigenvalue weighted by Crippen LogP contribution is 2.22. The zero-order valence-corrected chi connectivity index (χ0v) is 8.99. The molecule has 80 valence electrons. The maximum Gasteiger partial charge on any atom is 0.137 e. The highest BCUT2D eigenvalue weighted by Gasteiger charge is 2.05. The molecule has 0 aliphatic carbocycles. The number of furan rings is 2. The van der Waals surface area contributed by atoms with Crippen LogP contribution in [0, 0.1) is 0 Å². The number of hydrogen-bond acceptors (Lipinski definition) is 3. The molecule has 0 atom stereocenters. The van der Waals surface area contributed by atoms with Crippen LogP contribution >= 0.6 is 0 Å². The zero-order chi connectivity index (χ0) is 10.7. The Morgan fingerprint density at radius 2 is 2.13 bits per heavy atom. The van der Waals surface area contributed by atoms with Crippen molar-refractivity contribution in [1.29, 1.82) is 0 Å². The summed E-state index contributed by atoms with van der Waals surface area (Å²) in [7, 11) is 0. The highest BCUT2D eigenvalue weighted by molar-refractivity contribution is 5.55. The molecule has 3 nitrogen and oxygen atoms in total. The molecule has 2 aromatic rings. The minimum Gasteiger partial charge on any atom is -0.472 e. The summed E-state index contributed by atoms with van der Waals surface area (Å²) < 4.78 is 10.7. The highest BCUT2D eigenvalue weighted by atomic mass is 16.3. The summed E-state index contributed by atoms with van der Waals surface area (Å²) in [6.45, 7) is 4.98. The van der Waals surface area contributed by atoms with E-state index in [9.17, 15) is 0 Å². The van der Waals surface area contributed by atoms with E-state index in [1.807, 2.05) is 18.2 Å². The Kier molecular flexibility index (Phi) is 2.92. The predicted octanol–water partition coefficient (Wildman–Crippen LogP) is 3.04. The molecule has 3 heteroatoms. The van der Waals surface area contributed by atoms with Gasteiger partial charge in [-0.3, -0.25) is 0 Å². The van der Waals surface area contributed by atoms with Gasteiger partial charge in [0.15, 0.2) is 0 Å². The third-order valence-corrected chi connectivity index (χ3v) is 2.15. The van der Waals surface area contributed by atoms with Crippen LogP contribution in [-0.4, -0.2) is 6.04 Å². The Bertz CT molecular complexity index is 401. The van der Waals surface area contributed by atoms with Crippen LogP contribution in [0.5, 0.6) is 0 Å². The van der Waals surface area contributed by atoms with E-state index in [4.69, 9.17) is 8.83 Å². The lowest BCUT2D eigenvalue weighted by atomic mass is 10.3. The molecule has 0 unspecified atom stereocenters. The van der Waals surface area contributed by atoms with Crippen molar-refractivity contribution in [2.45, 2.75) is 26.4 Å². The van der Waals surface area contributed by atoms with Crippen molar-refractivity contribution in [2.75, 3.05) is 0 Å². The zero-order valence-electron chi connectivity index (χ0n) is 8.99. The number of rotatable bonds is 4. The van der Waals surface area contributed by atoms with Gasteiger partial charge in [-0.25, -0.2) is 0 Å². The first-order valence-corrected chi connectivity index (χ1v) is 5.10. The largest absolute Gasteiger partial charge is 0.472 e. The van der Waals surface area contributed by atoms with Crippen molar-refractivity contribution in [3.05, 3.63) is 36.5 Å². The second kappa shape index (κ2) is 4.36. The van der Waals surface area contributed by atoms with Crippen molar-refractivity contribution >= 4 is 0 Å². The minimum absolute atomic E-state index is 0.465. The van der Waals surface area contributed by atoms with Crippen LogP contribution in [0.3, 0.4) is 0 Å². The maximum absolute atomic E-state index is 5.66. The van der Waals surface area contributed by atoms with Gasteiger partial charge in [0.2, 0.25) is 0 Å². The van der Waals surface area contributed by atoms with E-state index < -0.39 is 0 Å². The van der Waals surface area contributed by atoms with Crippen molar-refractivity contribution < 1.29 is 8.83 Å². The normalized spacial score (nSPS) is 11.1. The molecule has 0 aromatic carbocycles. The second-order valence-electron chi connectivity index (χ2n) is 3.81. The van der Waals surface area contributed by atoms with E-state index in [1.54, 1.807) is 12.5 Å². The lowest BCUT2D eigenvalue weighted by Crippen LogP contribution is -2.21. The summed E-state index contributed by atoms with van der Waals surface area (Å²) in [5.74, 6) is 1.80. The van der Waals surface area contributed by atoms with Crippen molar-refractivity contribution in [1.82, 2.24) is 5.32 Å². The molecule has 0 fully saturated rings. The Morgan fingerprint density at radius 3 is 2.80 bits per heavy atom. The molecule has 1 N–H and O–H groups in total. The second-order valence-corrected chi connectivity index (χ2v) is 3.81. The standard InChI is InChI=1S/C12H15NO2/c1-9(2)13-7-11-3-4-12(15-11)10-5-6-14-8-10/h3-6,8-9,13H,7H2,1-2H3. The third-order valence-electron chi connectivity index (χ3n) is 2.15. The van der Waals surface area contributed by atoms with Crippen LogP contribution in [0.25, 0.3) is 11.3 Å². The third kappa shape index (κ3) is 2.50. The Hall–Kier alpha value is -1.48. The summed E-state index contributed by atoms with van der Waals surface area (Å²) in [6.07, 6.45) is 3.32. The first-order valence-electron chi connectivity index (χ1n) is 5.10. The van der Waals surface area contributed by atoms with E-state index >= 15 is 0 Å². The molecule has 0 aliphatic heterocycles. The summed E-state index contributed by atoms with van der Waals surface area (Å²) >= 11 is 0. The van der Waals surface area contributed by atoms with Gasteiger partial charge in [0.05, 0.1) is 18.4 Å². The summed E-state index contributed by atoms with van der Waals surface area (Å²) in [5, 5.41) is 3.30. The van der Waals surface area contributed by atoms with Crippen LogP contribution < -0.4 is 5.32 Å². The molecule has 0 aliphatic rings. The van der Waals surface area contributed by atoms with Gasteiger partial charge in [-0.15, -0.1) is 0 Å². The fourth-order valence-corrected chi connectivity index (χ4v) is 1.34. The molecule has 0 saturated heterocycles. The van der Waals surface area contributed by atoms with Crippen LogP contribution in [0.2, 0.25) is 0 Å². The van der Waals surface area contributed by atoms with Gasteiger partial charge in [-0.1, -0.05) is 13.8 Å². The van der Waals surface area contributed by atoms with Gasteiger partial charge in [-0.2, -0.15) is 0 Å². The van der Waals surface area contributed by atoms with Gasteiger partial charge in [0, 0.05) is 6.04 Å². The van der Waals surface area contributed by atoms with Gasteiger partial charge >= 0.3 is 0 Å². The monoisotopic (exact) mass is 205 g/mol. The van der Waals surface area contributed by atoms with Crippen LogP contribution in [-0.2, 0) is 6.54 Å². The molecule has 0 spiro atoms. The molecule has 0 saturated carbocycles. The van der Waals surface area contributed by atoms with E-state index in [2.05, 4.69) is 19.2 Å². The Morgan fingerprint density at radius 1 is 1.27 bits per heavy atom. The molecule has 0 amide bonds. The molecular weight excluding hydrogens is 190 g/mol. The van der Waals surface area contributed by atoms with Gasteiger partial charge in [0.25, 0.3) is 0 Å². The number of hydrogen-bond donors (Lipinski definition) is 1. The average molecular weight is 205 g/mol. The van der Waals surface area contributed by atoms with Crippen LogP contribution in [0.1, 0.15) is 19.6 Å². The van der Waals surface area contributed by atoms with Gasteiger partial charge < -0.3 is 14.2 Å². The first kappa shape index (κ1) is 10.1. The smallest absolute Gasteiger partial charge is 0.137 e. The fraction of sp³-hybridized carbons (Fsp3) is 0.333. The Labute approximate surface area is 89.1 Å². The molecule has 15 heavy (non-hydrogen) atoms. The van der Waals surface area contributed by atoms with E-state index in [1.165, 1.54) is 0 Å². The van der Waals surface area contributed by atoms with Crippen molar-refractivity contribution in [3.63, 3.8) is 0 Å². The summed E-state index contributed by atoms with van der Waals surface area (Å²) in [4.78, 5) is 0. The van der Waals surface area contributed by atoms with Crippen molar-refractivity contribution in [2.24, 2.45) is 0 Å². The van der Waals surface area contributed by atoms with E-state index in [-0.39, 0.29) is 0 Å². The van der Waals surface area contributed by atoms with Crippen molar-refractivity contribution in [3.8, 4) is 11.3 Å². The SMILES string of the molecule is CC(C)NCc1ccc(-c2ccoc2)o1. The quantitative estimate of drug-likeness (QED) is 0.833. The first-order chi connectivity index (χ1) is 7.25. The predicted molar refractivity (Wildman–Crippen MR) is 58.4 cm³/mol. The van der Waals surface area contributed by atoms with Crippen LogP contribution in [0.4, 0.5) is 0 Å². The Balaban J connectivity index is 2.04. The molecular formula is C12H15NO2.